The van der Waals surface area contributed by atoms with Crippen molar-refractivity contribution in [3.8, 4) is 5.75 Å². The lowest BCUT2D eigenvalue weighted by Crippen LogP contribution is -2.20. The van der Waals surface area contributed by atoms with E-state index in [0.717, 1.165) is 23.1 Å². The molecule has 0 radical (unpaired) electrons. The maximum Gasteiger partial charge on any atom is 0.253 e. The molecule has 0 bridgehead atoms. The van der Waals surface area contributed by atoms with E-state index in [0.29, 0.717) is 17.4 Å². The molecule has 8 nitrogen and oxygen atoms in total. The van der Waals surface area contributed by atoms with Crippen LogP contribution in [-0.4, -0.2) is 60.0 Å². The van der Waals surface area contributed by atoms with Gasteiger partial charge in [-0.05, 0) is 12.1 Å². The van der Waals surface area contributed by atoms with Gasteiger partial charge >= 0.3 is 0 Å². The largest absolute Gasteiger partial charge is 0.506 e. The molecule has 1 heterocycles. The highest BCUT2D eigenvalue weighted by molar-refractivity contribution is 7.80. The van der Waals surface area contributed by atoms with Crippen molar-refractivity contribution in [3.63, 3.8) is 0 Å². The highest BCUT2D eigenvalue weighted by atomic mass is 32.1. The van der Waals surface area contributed by atoms with Crippen LogP contribution in [0.15, 0.2) is 28.4 Å². The Morgan fingerprint density at radius 3 is 2.62 bits per heavy atom. The summed E-state index contributed by atoms with van der Waals surface area (Å²) in [4.78, 5) is 3.77. The molecule has 0 aliphatic rings. The molecule has 0 unspecified atom stereocenters. The van der Waals surface area contributed by atoms with Gasteiger partial charge in [0.15, 0.2) is 0 Å². The number of anilines is 2. The lowest BCUT2D eigenvalue weighted by molar-refractivity contribution is 0.304. The first-order valence-corrected chi connectivity index (χ1v) is 8.72. The van der Waals surface area contributed by atoms with Crippen LogP contribution in [0.1, 0.15) is 0 Å². The Labute approximate surface area is 149 Å². The van der Waals surface area contributed by atoms with Gasteiger partial charge in [-0.3, -0.25) is 0 Å². The van der Waals surface area contributed by atoms with E-state index < -0.39 is 0 Å². The molecule has 0 saturated heterocycles. The smallest absolute Gasteiger partial charge is 0.253 e. The first-order valence-electron chi connectivity index (χ1n) is 7.27. The van der Waals surface area contributed by atoms with Gasteiger partial charge in [0.2, 0.25) is 5.13 Å². The maximum absolute atomic E-state index is 10.1. The fraction of sp³-hybridized carbons (Fsp3) is 0.429. The molecule has 10 heteroatoms. The highest BCUT2D eigenvalue weighted by Gasteiger charge is 2.09. The number of aromatic nitrogens is 2. The van der Waals surface area contributed by atoms with Crippen molar-refractivity contribution in [1.29, 1.82) is 0 Å². The van der Waals surface area contributed by atoms with E-state index >= 15 is 0 Å². The molecule has 0 amide bonds. The van der Waals surface area contributed by atoms with Crippen LogP contribution in [0.4, 0.5) is 21.6 Å². The average Bonchev–Trinajstić information content (AvgIpc) is 3.03. The van der Waals surface area contributed by atoms with E-state index in [-0.39, 0.29) is 12.4 Å². The lowest BCUT2D eigenvalue weighted by atomic mass is 10.2. The zero-order chi connectivity index (χ0) is 17.5. The van der Waals surface area contributed by atoms with Crippen LogP contribution in [0.2, 0.25) is 0 Å². The molecule has 0 spiro atoms. The number of phenols is 1. The summed E-state index contributed by atoms with van der Waals surface area (Å²) in [7, 11) is 3.74. The van der Waals surface area contributed by atoms with Crippen LogP contribution in [0.5, 0.6) is 5.75 Å². The van der Waals surface area contributed by atoms with Crippen molar-refractivity contribution in [2.75, 3.05) is 49.3 Å². The maximum atomic E-state index is 10.1. The molecule has 24 heavy (non-hydrogen) atoms. The Balaban J connectivity index is 2.09. The standard InChI is InChI=1S/C14H20N6O2S2/c1-19(5-7-21)10-3-4-11(12(22)9-10)15-16-13-17-18-14(24-13)20(2)6-8-23/h3-4,9,21-23H,5-8H2,1-2H3/b16-15+. The zero-order valence-corrected chi connectivity index (χ0v) is 15.2. The Morgan fingerprint density at radius 2 is 1.96 bits per heavy atom. The molecule has 2 N–H and O–H groups in total. The van der Waals surface area contributed by atoms with Gasteiger partial charge in [-0.25, -0.2) is 0 Å². The van der Waals surface area contributed by atoms with Crippen molar-refractivity contribution in [2.24, 2.45) is 10.2 Å². The van der Waals surface area contributed by atoms with Gasteiger partial charge in [0.1, 0.15) is 11.4 Å². The summed E-state index contributed by atoms with van der Waals surface area (Å²) < 4.78 is 0. The first kappa shape index (κ1) is 18.4. The minimum absolute atomic E-state index is 0.0120. The van der Waals surface area contributed by atoms with Crippen LogP contribution in [0.25, 0.3) is 0 Å². The van der Waals surface area contributed by atoms with Crippen molar-refractivity contribution < 1.29 is 10.2 Å². The van der Waals surface area contributed by atoms with Crippen molar-refractivity contribution >= 4 is 45.6 Å². The summed E-state index contributed by atoms with van der Waals surface area (Å²) >= 11 is 5.49. The SMILES string of the molecule is CN(CCO)c1ccc(/N=N/c2nnc(N(C)CCS)s2)c(O)c1. The second-order valence-corrected chi connectivity index (χ2v) is 6.41. The molecular formula is C14H20N6O2S2. The fourth-order valence-electron chi connectivity index (χ4n) is 1.86. The molecule has 1 aromatic carbocycles. The first-order chi connectivity index (χ1) is 11.5. The number of aliphatic hydroxyl groups excluding tert-OH is 1. The van der Waals surface area contributed by atoms with Gasteiger partial charge in [0.25, 0.3) is 5.13 Å². The molecule has 0 fully saturated rings. The zero-order valence-electron chi connectivity index (χ0n) is 13.5. The molecule has 0 atom stereocenters. The second-order valence-electron chi connectivity index (χ2n) is 5.03. The number of thiol groups is 1. The van der Waals surface area contributed by atoms with E-state index in [1.165, 1.54) is 11.3 Å². The van der Waals surface area contributed by atoms with Crippen LogP contribution < -0.4 is 9.80 Å². The number of rotatable bonds is 8. The Bertz CT molecular complexity index is 694. The third-order valence-corrected chi connectivity index (χ3v) is 4.37. The number of hydrogen-bond donors (Lipinski definition) is 3. The average molecular weight is 368 g/mol. The quantitative estimate of drug-likeness (QED) is 0.489. The predicted octanol–water partition coefficient (Wildman–Crippen LogP) is 2.45. The van der Waals surface area contributed by atoms with Crippen LogP contribution in [0.3, 0.4) is 0 Å². The van der Waals surface area contributed by atoms with Gasteiger partial charge in [-0.15, -0.1) is 20.4 Å². The Morgan fingerprint density at radius 1 is 1.17 bits per heavy atom. The molecule has 0 aliphatic heterocycles. The van der Waals surface area contributed by atoms with Gasteiger partial charge in [-0.1, -0.05) is 11.3 Å². The minimum Gasteiger partial charge on any atom is -0.506 e. The summed E-state index contributed by atoms with van der Waals surface area (Å²) in [6.45, 7) is 1.28. The highest BCUT2D eigenvalue weighted by Crippen LogP contribution is 2.33. The van der Waals surface area contributed by atoms with E-state index in [2.05, 4.69) is 33.1 Å². The fourth-order valence-corrected chi connectivity index (χ4v) is 2.81. The lowest BCUT2D eigenvalue weighted by Gasteiger charge is -2.18. The summed E-state index contributed by atoms with van der Waals surface area (Å²) in [6, 6.07) is 5.04. The number of aliphatic hydroxyl groups is 1. The van der Waals surface area contributed by atoms with Crippen LogP contribution in [-0.2, 0) is 0 Å². The third kappa shape index (κ3) is 4.79. The van der Waals surface area contributed by atoms with E-state index in [1.807, 2.05) is 23.9 Å². The molecule has 2 aromatic rings. The molecule has 1 aromatic heterocycles. The summed E-state index contributed by atoms with van der Waals surface area (Å²) in [5, 5.41) is 36.2. The van der Waals surface area contributed by atoms with Gasteiger partial charge in [0, 0.05) is 44.7 Å². The minimum atomic E-state index is 0.0120. The number of phenolic OH excluding ortho intramolecular Hbond substituents is 1. The number of benzene rings is 1. The van der Waals surface area contributed by atoms with Crippen molar-refractivity contribution in [3.05, 3.63) is 18.2 Å². The monoisotopic (exact) mass is 368 g/mol. The molecular weight excluding hydrogens is 348 g/mol. The van der Waals surface area contributed by atoms with E-state index in [9.17, 15) is 5.11 Å². The van der Waals surface area contributed by atoms with E-state index in [4.69, 9.17) is 5.11 Å². The number of nitrogens with zero attached hydrogens (tertiary/aromatic N) is 6. The number of aromatic hydroxyl groups is 1. The van der Waals surface area contributed by atoms with Crippen molar-refractivity contribution in [1.82, 2.24) is 10.2 Å². The summed E-state index contributed by atoms with van der Waals surface area (Å²) in [5.41, 5.74) is 1.13. The van der Waals surface area contributed by atoms with E-state index in [1.54, 1.807) is 18.2 Å². The normalized spacial score (nSPS) is 11.2. The number of likely N-dealkylation sites (N-methyl/N-ethyl adjacent to an activating group) is 1. The molecule has 2 rings (SSSR count). The summed E-state index contributed by atoms with van der Waals surface area (Å²) in [5.74, 6) is 0.732. The second kappa shape index (κ2) is 8.81. The molecule has 0 aliphatic carbocycles. The Kier molecular flexibility index (Phi) is 6.76. The van der Waals surface area contributed by atoms with Crippen LogP contribution in [0, 0.1) is 0 Å². The van der Waals surface area contributed by atoms with Gasteiger partial charge in [0.05, 0.1) is 6.61 Å². The van der Waals surface area contributed by atoms with Gasteiger partial charge in [-0.2, -0.15) is 12.6 Å². The Hall–Kier alpha value is -1.91. The summed E-state index contributed by atoms with van der Waals surface area (Å²) in [6.07, 6.45) is 0. The number of azo groups is 1. The van der Waals surface area contributed by atoms with Gasteiger partial charge < -0.3 is 20.0 Å². The van der Waals surface area contributed by atoms with Crippen molar-refractivity contribution in [2.45, 2.75) is 0 Å². The van der Waals surface area contributed by atoms with Crippen LogP contribution >= 0.6 is 24.0 Å². The topological polar surface area (TPSA) is 97.4 Å². The number of hydrogen-bond acceptors (Lipinski definition) is 10. The molecule has 0 saturated carbocycles. The molecule has 130 valence electrons. The predicted molar refractivity (Wildman–Crippen MR) is 99.7 cm³/mol. The third-order valence-electron chi connectivity index (χ3n) is 3.24.